The summed E-state index contributed by atoms with van der Waals surface area (Å²) in [5.41, 5.74) is 1.53. The number of halogens is 1. The molecular weight excluding hydrogens is 340 g/mol. The van der Waals surface area contributed by atoms with Crippen LogP contribution < -0.4 is 10.6 Å². The Morgan fingerprint density at radius 2 is 1.76 bits per heavy atom. The summed E-state index contributed by atoms with van der Waals surface area (Å²) >= 11 is 5.87. The molecule has 25 heavy (non-hydrogen) atoms. The van der Waals surface area contributed by atoms with Crippen LogP contribution in [0.15, 0.2) is 36.5 Å². The number of amides is 2. The molecule has 1 heterocycles. The van der Waals surface area contributed by atoms with Gasteiger partial charge in [0.15, 0.2) is 0 Å². The first kappa shape index (κ1) is 17.5. The van der Waals surface area contributed by atoms with E-state index in [2.05, 4.69) is 20.8 Å². The number of aromatic amines is 1. The summed E-state index contributed by atoms with van der Waals surface area (Å²) in [4.78, 5) is 25.2. The predicted octanol–water partition coefficient (Wildman–Crippen LogP) is 3.12. The molecule has 1 aliphatic rings. The summed E-state index contributed by atoms with van der Waals surface area (Å²) in [7, 11) is 0. The lowest BCUT2D eigenvalue weighted by atomic mass is 9.78. The van der Waals surface area contributed by atoms with Crippen molar-refractivity contribution in [3.8, 4) is 0 Å². The number of hydrogen-bond donors (Lipinski definition) is 3. The van der Waals surface area contributed by atoms with E-state index in [4.69, 9.17) is 11.6 Å². The fraction of sp³-hybridized carbons (Fsp3) is 0.389. The van der Waals surface area contributed by atoms with Crippen LogP contribution in [0.2, 0.25) is 5.02 Å². The Hall–Kier alpha value is -2.34. The fourth-order valence-electron chi connectivity index (χ4n) is 3.22. The minimum atomic E-state index is -0.314. The summed E-state index contributed by atoms with van der Waals surface area (Å²) in [6.07, 6.45) is 5.02. The normalized spacial score (nSPS) is 20.0. The zero-order valence-electron chi connectivity index (χ0n) is 13.8. The zero-order valence-corrected chi connectivity index (χ0v) is 14.6. The van der Waals surface area contributed by atoms with E-state index in [1.165, 1.54) is 0 Å². The molecule has 2 aromatic rings. The average Bonchev–Trinajstić information content (AvgIpc) is 3.15. The molecule has 132 valence electrons. The van der Waals surface area contributed by atoms with Crippen molar-refractivity contribution in [2.75, 3.05) is 5.32 Å². The Labute approximate surface area is 151 Å². The van der Waals surface area contributed by atoms with E-state index in [9.17, 15) is 9.59 Å². The molecule has 3 rings (SSSR count). The minimum Gasteiger partial charge on any atom is -0.350 e. The molecule has 0 radical (unpaired) electrons. The Balaban J connectivity index is 1.62. The number of nitrogens with zero attached hydrogens (tertiary/aromatic N) is 1. The molecule has 1 aromatic carbocycles. The van der Waals surface area contributed by atoms with Gasteiger partial charge in [0, 0.05) is 28.7 Å². The molecule has 2 atom stereocenters. The molecule has 0 bridgehead atoms. The highest BCUT2D eigenvalue weighted by molar-refractivity contribution is 6.30. The quantitative estimate of drug-likeness (QED) is 0.765. The number of nitrogens with one attached hydrogen (secondary N) is 3. The lowest BCUT2D eigenvalue weighted by Crippen LogP contribution is -2.41. The van der Waals surface area contributed by atoms with Crippen LogP contribution >= 0.6 is 11.6 Å². The predicted molar refractivity (Wildman–Crippen MR) is 96.0 cm³/mol. The maximum absolute atomic E-state index is 12.7. The third kappa shape index (κ3) is 4.60. The Morgan fingerprint density at radius 3 is 2.40 bits per heavy atom. The number of rotatable bonds is 5. The van der Waals surface area contributed by atoms with Crippen molar-refractivity contribution in [2.45, 2.75) is 32.2 Å². The smallest absolute Gasteiger partial charge is 0.228 e. The minimum absolute atomic E-state index is 0.0782. The molecular formula is C18H21ClN4O2. The van der Waals surface area contributed by atoms with Crippen LogP contribution in [0, 0.1) is 11.8 Å². The molecule has 2 amide bonds. The molecule has 7 heteroatoms. The molecule has 0 aliphatic heterocycles. The summed E-state index contributed by atoms with van der Waals surface area (Å²) in [5.74, 6) is -0.801. The highest BCUT2D eigenvalue weighted by Crippen LogP contribution is 2.31. The summed E-state index contributed by atoms with van der Waals surface area (Å²) < 4.78 is 0. The third-order valence-electron chi connectivity index (χ3n) is 4.56. The summed E-state index contributed by atoms with van der Waals surface area (Å²) in [5, 5.41) is 13.1. The second-order valence-electron chi connectivity index (χ2n) is 6.29. The summed E-state index contributed by atoms with van der Waals surface area (Å²) in [6, 6.07) is 8.79. The van der Waals surface area contributed by atoms with Crippen molar-refractivity contribution in [3.63, 3.8) is 0 Å². The van der Waals surface area contributed by atoms with Crippen molar-refractivity contribution in [3.05, 3.63) is 47.2 Å². The number of benzene rings is 1. The largest absolute Gasteiger partial charge is 0.350 e. The number of carbonyl (C=O) groups is 2. The van der Waals surface area contributed by atoms with E-state index in [1.54, 1.807) is 30.5 Å². The number of hydrogen-bond acceptors (Lipinski definition) is 3. The summed E-state index contributed by atoms with van der Waals surface area (Å²) in [6.45, 7) is 0.390. The molecule has 1 fully saturated rings. The van der Waals surface area contributed by atoms with Gasteiger partial charge in [0.05, 0.1) is 12.2 Å². The molecule has 3 N–H and O–H groups in total. The molecule has 1 aliphatic carbocycles. The number of aromatic nitrogens is 2. The standard InChI is InChI=1S/C18H21ClN4O2/c19-12-5-7-13(8-6-12)22-18(25)16-4-2-1-3-15(16)17(24)20-11-14-9-10-21-23-14/h5-10,15-16H,1-4,11H2,(H,20,24)(H,21,23)(H,22,25)/t15-,16+/m0/s1. The average molecular weight is 361 g/mol. The van der Waals surface area contributed by atoms with Crippen LogP contribution in [0.3, 0.4) is 0 Å². The second-order valence-corrected chi connectivity index (χ2v) is 6.73. The van der Waals surface area contributed by atoms with Crippen molar-refractivity contribution < 1.29 is 9.59 Å². The van der Waals surface area contributed by atoms with Crippen molar-refractivity contribution in [1.82, 2.24) is 15.5 Å². The zero-order chi connectivity index (χ0) is 17.6. The first-order chi connectivity index (χ1) is 12.1. The fourth-order valence-corrected chi connectivity index (χ4v) is 3.35. The first-order valence-electron chi connectivity index (χ1n) is 8.46. The highest BCUT2D eigenvalue weighted by Gasteiger charge is 2.35. The van der Waals surface area contributed by atoms with E-state index in [1.807, 2.05) is 6.07 Å². The Bertz CT molecular complexity index is 715. The Kier molecular flexibility index (Phi) is 5.71. The maximum atomic E-state index is 12.7. The van der Waals surface area contributed by atoms with Crippen LogP contribution in [0.5, 0.6) is 0 Å². The number of anilines is 1. The topological polar surface area (TPSA) is 86.9 Å². The van der Waals surface area contributed by atoms with Gasteiger partial charge in [-0.25, -0.2) is 0 Å². The second kappa shape index (κ2) is 8.16. The Morgan fingerprint density at radius 1 is 1.08 bits per heavy atom. The van der Waals surface area contributed by atoms with E-state index in [0.29, 0.717) is 17.3 Å². The van der Waals surface area contributed by atoms with Gasteiger partial charge in [-0.2, -0.15) is 5.10 Å². The van der Waals surface area contributed by atoms with Gasteiger partial charge < -0.3 is 10.6 Å². The van der Waals surface area contributed by atoms with E-state index >= 15 is 0 Å². The van der Waals surface area contributed by atoms with Crippen LogP contribution in [-0.4, -0.2) is 22.0 Å². The van der Waals surface area contributed by atoms with Gasteiger partial charge in [-0.05, 0) is 43.2 Å². The van der Waals surface area contributed by atoms with Crippen LogP contribution in [-0.2, 0) is 16.1 Å². The lowest BCUT2D eigenvalue weighted by molar-refractivity contribution is -0.134. The molecule has 0 saturated heterocycles. The van der Waals surface area contributed by atoms with Gasteiger partial charge in [0.2, 0.25) is 11.8 Å². The van der Waals surface area contributed by atoms with Crippen LogP contribution in [0.1, 0.15) is 31.4 Å². The van der Waals surface area contributed by atoms with Gasteiger partial charge >= 0.3 is 0 Å². The molecule has 0 spiro atoms. The van der Waals surface area contributed by atoms with Gasteiger partial charge in [-0.15, -0.1) is 0 Å². The van der Waals surface area contributed by atoms with Gasteiger partial charge in [-0.3, -0.25) is 14.7 Å². The van der Waals surface area contributed by atoms with E-state index in [-0.39, 0.29) is 23.7 Å². The highest BCUT2D eigenvalue weighted by atomic mass is 35.5. The molecule has 6 nitrogen and oxygen atoms in total. The van der Waals surface area contributed by atoms with Gasteiger partial charge in [0.25, 0.3) is 0 Å². The first-order valence-corrected chi connectivity index (χ1v) is 8.83. The van der Waals surface area contributed by atoms with Crippen molar-refractivity contribution in [1.29, 1.82) is 0 Å². The number of carbonyl (C=O) groups excluding carboxylic acids is 2. The molecule has 0 unspecified atom stereocenters. The number of H-pyrrole nitrogens is 1. The molecule has 1 saturated carbocycles. The SMILES string of the molecule is O=C(NCc1ccn[nH]1)[C@H]1CCCC[C@H]1C(=O)Nc1ccc(Cl)cc1. The maximum Gasteiger partial charge on any atom is 0.228 e. The molecule has 1 aromatic heterocycles. The van der Waals surface area contributed by atoms with Gasteiger partial charge in [-0.1, -0.05) is 24.4 Å². The van der Waals surface area contributed by atoms with Crippen LogP contribution in [0.4, 0.5) is 5.69 Å². The van der Waals surface area contributed by atoms with Crippen LogP contribution in [0.25, 0.3) is 0 Å². The van der Waals surface area contributed by atoms with E-state index in [0.717, 1.165) is 31.4 Å². The monoisotopic (exact) mass is 360 g/mol. The van der Waals surface area contributed by atoms with E-state index < -0.39 is 0 Å². The lowest BCUT2D eigenvalue weighted by Gasteiger charge is -2.29. The van der Waals surface area contributed by atoms with Gasteiger partial charge in [0.1, 0.15) is 0 Å². The van der Waals surface area contributed by atoms with Crippen molar-refractivity contribution >= 4 is 29.1 Å². The third-order valence-corrected chi connectivity index (χ3v) is 4.81. The van der Waals surface area contributed by atoms with Crippen molar-refractivity contribution in [2.24, 2.45) is 11.8 Å².